The standard InChI is InChI=1S/C12H7F3N2O2/c13-12(14,15)19-9-5-2-1-4-8(9)10(18)11-16-6-3-7-17-11/h1-7H. The first-order valence-corrected chi connectivity index (χ1v) is 5.14. The van der Waals surface area contributed by atoms with Crippen molar-refractivity contribution in [3.05, 3.63) is 54.1 Å². The van der Waals surface area contributed by atoms with Gasteiger partial charge in [-0.25, -0.2) is 9.97 Å². The number of nitrogens with zero attached hydrogens (tertiary/aromatic N) is 2. The molecule has 0 saturated carbocycles. The Bertz CT molecular complexity index is 585. The molecule has 0 fully saturated rings. The van der Waals surface area contributed by atoms with Crippen molar-refractivity contribution >= 4 is 5.78 Å². The predicted molar refractivity (Wildman–Crippen MR) is 58.6 cm³/mol. The van der Waals surface area contributed by atoms with E-state index in [1.165, 1.54) is 36.7 Å². The molecule has 4 nitrogen and oxygen atoms in total. The molecule has 2 aromatic rings. The van der Waals surface area contributed by atoms with Crippen LogP contribution in [0.15, 0.2) is 42.7 Å². The molecule has 0 aliphatic heterocycles. The Morgan fingerprint density at radius 1 is 1.05 bits per heavy atom. The molecule has 98 valence electrons. The zero-order valence-corrected chi connectivity index (χ0v) is 9.39. The molecular weight excluding hydrogens is 261 g/mol. The van der Waals surface area contributed by atoms with Crippen molar-refractivity contribution in [3.63, 3.8) is 0 Å². The van der Waals surface area contributed by atoms with Crippen molar-refractivity contribution in [1.82, 2.24) is 9.97 Å². The highest BCUT2D eigenvalue weighted by Gasteiger charge is 2.33. The Kier molecular flexibility index (Phi) is 3.46. The maximum absolute atomic E-state index is 12.2. The molecule has 0 saturated heterocycles. The van der Waals surface area contributed by atoms with Crippen molar-refractivity contribution in [1.29, 1.82) is 0 Å². The molecule has 0 aliphatic carbocycles. The quantitative estimate of drug-likeness (QED) is 0.803. The van der Waals surface area contributed by atoms with E-state index in [1.807, 2.05) is 0 Å². The van der Waals surface area contributed by atoms with Crippen LogP contribution in [0.2, 0.25) is 0 Å². The number of carbonyl (C=O) groups excluding carboxylic acids is 1. The van der Waals surface area contributed by atoms with Gasteiger partial charge in [0.05, 0.1) is 5.56 Å². The average molecular weight is 268 g/mol. The van der Waals surface area contributed by atoms with Gasteiger partial charge in [-0.1, -0.05) is 12.1 Å². The summed E-state index contributed by atoms with van der Waals surface area (Å²) in [5.41, 5.74) is -0.244. The van der Waals surface area contributed by atoms with E-state index in [9.17, 15) is 18.0 Å². The first kappa shape index (κ1) is 13.0. The lowest BCUT2D eigenvalue weighted by Crippen LogP contribution is -2.19. The summed E-state index contributed by atoms with van der Waals surface area (Å²) in [7, 11) is 0. The number of aromatic nitrogens is 2. The maximum atomic E-state index is 12.2. The monoisotopic (exact) mass is 268 g/mol. The number of hydrogen-bond donors (Lipinski definition) is 0. The van der Waals surface area contributed by atoms with Gasteiger partial charge in [0.25, 0.3) is 0 Å². The molecule has 7 heteroatoms. The van der Waals surface area contributed by atoms with Crippen LogP contribution in [0.1, 0.15) is 16.2 Å². The van der Waals surface area contributed by atoms with Gasteiger partial charge in [-0.15, -0.1) is 13.2 Å². The van der Waals surface area contributed by atoms with E-state index in [-0.39, 0.29) is 11.4 Å². The van der Waals surface area contributed by atoms with Crippen LogP contribution in [0, 0.1) is 0 Å². The van der Waals surface area contributed by atoms with Crippen LogP contribution < -0.4 is 4.74 Å². The Hall–Kier alpha value is -2.44. The average Bonchev–Trinajstić information content (AvgIpc) is 2.38. The molecule has 0 radical (unpaired) electrons. The number of ketones is 1. The van der Waals surface area contributed by atoms with E-state index < -0.39 is 17.9 Å². The minimum absolute atomic E-state index is 0.194. The van der Waals surface area contributed by atoms with E-state index in [2.05, 4.69) is 14.7 Å². The van der Waals surface area contributed by atoms with E-state index in [1.54, 1.807) is 0 Å². The van der Waals surface area contributed by atoms with Gasteiger partial charge in [0, 0.05) is 12.4 Å². The molecule has 1 heterocycles. The van der Waals surface area contributed by atoms with Crippen molar-refractivity contribution in [2.24, 2.45) is 0 Å². The number of rotatable bonds is 3. The first-order chi connectivity index (χ1) is 8.97. The number of benzene rings is 1. The fraction of sp³-hybridized carbons (Fsp3) is 0.0833. The largest absolute Gasteiger partial charge is 0.573 e. The lowest BCUT2D eigenvalue weighted by atomic mass is 10.1. The van der Waals surface area contributed by atoms with Gasteiger partial charge >= 0.3 is 6.36 Å². The Labute approximate surface area is 105 Å². The second-order valence-corrected chi connectivity index (χ2v) is 3.45. The molecule has 1 aromatic carbocycles. The summed E-state index contributed by atoms with van der Waals surface area (Å²) in [5.74, 6) is -1.51. The number of alkyl halides is 3. The topological polar surface area (TPSA) is 52.1 Å². The number of halogens is 3. The van der Waals surface area contributed by atoms with Crippen LogP contribution in [-0.2, 0) is 0 Å². The molecule has 0 N–H and O–H groups in total. The van der Waals surface area contributed by atoms with Gasteiger partial charge in [-0.05, 0) is 18.2 Å². The zero-order chi connectivity index (χ0) is 13.9. The predicted octanol–water partition coefficient (Wildman–Crippen LogP) is 2.61. The molecule has 2 rings (SSSR count). The summed E-state index contributed by atoms with van der Waals surface area (Å²) in [6.45, 7) is 0. The van der Waals surface area contributed by atoms with Crippen molar-refractivity contribution in [2.45, 2.75) is 6.36 Å². The molecule has 0 spiro atoms. The Morgan fingerprint density at radius 3 is 2.32 bits per heavy atom. The zero-order valence-electron chi connectivity index (χ0n) is 9.39. The number of carbonyl (C=O) groups is 1. The lowest BCUT2D eigenvalue weighted by molar-refractivity contribution is -0.274. The minimum Gasteiger partial charge on any atom is -0.405 e. The fourth-order valence-electron chi connectivity index (χ4n) is 1.40. The van der Waals surface area contributed by atoms with Crippen molar-refractivity contribution < 1.29 is 22.7 Å². The molecule has 0 aliphatic rings. The van der Waals surface area contributed by atoms with Crippen LogP contribution in [-0.4, -0.2) is 22.1 Å². The van der Waals surface area contributed by atoms with Crippen molar-refractivity contribution in [3.8, 4) is 5.75 Å². The summed E-state index contributed by atoms with van der Waals surface area (Å²) >= 11 is 0. The second kappa shape index (κ2) is 5.05. The van der Waals surface area contributed by atoms with Crippen LogP contribution in [0.4, 0.5) is 13.2 Å². The highest BCUT2D eigenvalue weighted by atomic mass is 19.4. The summed E-state index contributed by atoms with van der Waals surface area (Å²) in [4.78, 5) is 19.4. The van der Waals surface area contributed by atoms with Gasteiger partial charge in [0.2, 0.25) is 11.6 Å². The molecule has 0 unspecified atom stereocenters. The van der Waals surface area contributed by atoms with Crippen LogP contribution in [0.25, 0.3) is 0 Å². The Morgan fingerprint density at radius 2 is 1.68 bits per heavy atom. The molecule has 0 amide bonds. The third kappa shape index (κ3) is 3.27. The van der Waals surface area contributed by atoms with Gasteiger partial charge in [-0.2, -0.15) is 0 Å². The second-order valence-electron chi connectivity index (χ2n) is 3.45. The SMILES string of the molecule is O=C(c1ncccn1)c1ccccc1OC(F)(F)F. The van der Waals surface area contributed by atoms with Crippen LogP contribution in [0.5, 0.6) is 5.75 Å². The van der Waals surface area contributed by atoms with Crippen LogP contribution in [0.3, 0.4) is 0 Å². The van der Waals surface area contributed by atoms with E-state index in [4.69, 9.17) is 0 Å². The van der Waals surface area contributed by atoms with E-state index in [0.29, 0.717) is 0 Å². The van der Waals surface area contributed by atoms with Gasteiger partial charge < -0.3 is 4.74 Å². The van der Waals surface area contributed by atoms with Crippen LogP contribution >= 0.6 is 0 Å². The third-order valence-electron chi connectivity index (χ3n) is 2.13. The minimum atomic E-state index is -4.87. The molecule has 0 atom stereocenters. The van der Waals surface area contributed by atoms with Gasteiger partial charge in [0.15, 0.2) is 0 Å². The molecule has 1 aromatic heterocycles. The van der Waals surface area contributed by atoms with Gasteiger partial charge in [0.1, 0.15) is 5.75 Å². The van der Waals surface area contributed by atoms with Gasteiger partial charge in [-0.3, -0.25) is 4.79 Å². The molecule has 0 bridgehead atoms. The number of para-hydroxylation sites is 1. The summed E-state index contributed by atoms with van der Waals surface area (Å²) < 4.78 is 40.5. The summed E-state index contributed by atoms with van der Waals surface area (Å²) in [6.07, 6.45) is -2.21. The third-order valence-corrected chi connectivity index (χ3v) is 2.13. The maximum Gasteiger partial charge on any atom is 0.573 e. The number of ether oxygens (including phenoxy) is 1. The smallest absolute Gasteiger partial charge is 0.405 e. The molecule has 19 heavy (non-hydrogen) atoms. The van der Waals surface area contributed by atoms with E-state index >= 15 is 0 Å². The van der Waals surface area contributed by atoms with Crippen molar-refractivity contribution in [2.75, 3.05) is 0 Å². The lowest BCUT2D eigenvalue weighted by Gasteiger charge is -2.11. The number of hydrogen-bond acceptors (Lipinski definition) is 4. The first-order valence-electron chi connectivity index (χ1n) is 5.14. The van der Waals surface area contributed by atoms with E-state index in [0.717, 1.165) is 6.07 Å². The highest BCUT2D eigenvalue weighted by molar-refractivity contribution is 6.08. The normalized spacial score (nSPS) is 11.1. The fourth-order valence-corrected chi connectivity index (χ4v) is 1.40. The summed E-state index contributed by atoms with van der Waals surface area (Å²) in [6, 6.07) is 6.54. The summed E-state index contributed by atoms with van der Waals surface area (Å²) in [5, 5.41) is 0. The molecular formula is C12H7F3N2O2. The Balaban J connectivity index is 2.38. The highest BCUT2D eigenvalue weighted by Crippen LogP contribution is 2.27.